The van der Waals surface area contributed by atoms with Crippen LogP contribution in [0.3, 0.4) is 0 Å². The zero-order valence-electron chi connectivity index (χ0n) is 13.3. The number of thiophene rings is 1. The highest BCUT2D eigenvalue weighted by Gasteiger charge is 2.34. The molecule has 0 unspecified atom stereocenters. The summed E-state index contributed by atoms with van der Waals surface area (Å²) in [7, 11) is 1.73. The summed E-state index contributed by atoms with van der Waals surface area (Å²) in [5.74, 6) is 0.418. The number of aromatic nitrogens is 4. The van der Waals surface area contributed by atoms with Crippen LogP contribution >= 0.6 is 11.3 Å². The summed E-state index contributed by atoms with van der Waals surface area (Å²) in [5.41, 5.74) is 1.01. The Labute approximate surface area is 146 Å². The summed E-state index contributed by atoms with van der Waals surface area (Å²) < 4.78 is 1.57. The van der Waals surface area contributed by atoms with Crippen molar-refractivity contribution in [3.63, 3.8) is 0 Å². The lowest BCUT2D eigenvalue weighted by Gasteiger charge is -2.22. The predicted octanol–water partition coefficient (Wildman–Crippen LogP) is 2.00. The number of amides is 2. The van der Waals surface area contributed by atoms with Crippen molar-refractivity contribution < 1.29 is 9.59 Å². The SMILES string of the molecule is Cn1nc(NC(=O)c2cnccn2)c2c1NC(=O)C[C@@H]2c1cccs1. The van der Waals surface area contributed by atoms with Crippen LogP contribution in [0.15, 0.2) is 36.1 Å². The van der Waals surface area contributed by atoms with Crippen molar-refractivity contribution in [3.05, 3.63) is 52.2 Å². The molecule has 4 rings (SSSR count). The molecule has 0 fully saturated rings. The molecule has 1 aliphatic rings. The van der Waals surface area contributed by atoms with Gasteiger partial charge < -0.3 is 10.6 Å². The Hall–Kier alpha value is -3.07. The van der Waals surface area contributed by atoms with Crippen molar-refractivity contribution in [3.8, 4) is 0 Å². The average Bonchev–Trinajstić information content (AvgIpc) is 3.24. The monoisotopic (exact) mass is 354 g/mol. The highest BCUT2D eigenvalue weighted by atomic mass is 32.1. The van der Waals surface area contributed by atoms with Crippen LogP contribution in [-0.4, -0.2) is 31.6 Å². The molecule has 9 heteroatoms. The normalized spacial score (nSPS) is 16.2. The minimum absolute atomic E-state index is 0.0688. The summed E-state index contributed by atoms with van der Waals surface area (Å²) >= 11 is 1.58. The van der Waals surface area contributed by atoms with Gasteiger partial charge in [0.2, 0.25) is 5.91 Å². The van der Waals surface area contributed by atoms with E-state index in [2.05, 4.69) is 25.7 Å². The van der Waals surface area contributed by atoms with Crippen LogP contribution in [0, 0.1) is 0 Å². The Morgan fingerprint density at radius 1 is 1.44 bits per heavy atom. The zero-order valence-corrected chi connectivity index (χ0v) is 14.1. The van der Waals surface area contributed by atoms with Gasteiger partial charge in [0.25, 0.3) is 5.91 Å². The number of aryl methyl sites for hydroxylation is 1. The van der Waals surface area contributed by atoms with Crippen LogP contribution in [0.5, 0.6) is 0 Å². The number of rotatable bonds is 3. The van der Waals surface area contributed by atoms with E-state index in [4.69, 9.17) is 0 Å². The second-order valence-electron chi connectivity index (χ2n) is 5.60. The van der Waals surface area contributed by atoms with E-state index < -0.39 is 5.91 Å². The molecule has 3 aromatic rings. The molecule has 8 nitrogen and oxygen atoms in total. The molecule has 126 valence electrons. The smallest absolute Gasteiger partial charge is 0.277 e. The van der Waals surface area contributed by atoms with Gasteiger partial charge in [0.15, 0.2) is 5.82 Å². The van der Waals surface area contributed by atoms with Crippen LogP contribution in [0.25, 0.3) is 0 Å². The number of nitrogens with one attached hydrogen (secondary N) is 2. The number of fused-ring (bicyclic) bond motifs is 1. The first-order valence-corrected chi connectivity index (χ1v) is 8.49. The van der Waals surface area contributed by atoms with Crippen LogP contribution < -0.4 is 10.6 Å². The van der Waals surface area contributed by atoms with Crippen LogP contribution in [0.2, 0.25) is 0 Å². The highest BCUT2D eigenvalue weighted by molar-refractivity contribution is 7.10. The summed E-state index contributed by atoms with van der Waals surface area (Å²) in [5, 5.41) is 12.0. The number of hydrogen-bond acceptors (Lipinski definition) is 6. The lowest BCUT2D eigenvalue weighted by Crippen LogP contribution is -2.25. The summed E-state index contributed by atoms with van der Waals surface area (Å²) in [6.07, 6.45) is 4.66. The molecule has 2 N–H and O–H groups in total. The quantitative estimate of drug-likeness (QED) is 0.749. The molecule has 2 amide bonds. The van der Waals surface area contributed by atoms with Gasteiger partial charge in [0, 0.05) is 42.2 Å². The van der Waals surface area contributed by atoms with Gasteiger partial charge in [-0.3, -0.25) is 19.3 Å². The summed E-state index contributed by atoms with van der Waals surface area (Å²) in [4.78, 5) is 33.5. The Bertz CT molecular complexity index is 935. The third-order valence-electron chi connectivity index (χ3n) is 3.99. The fourth-order valence-electron chi connectivity index (χ4n) is 2.90. The maximum absolute atomic E-state index is 12.4. The fraction of sp³-hybridized carbons (Fsp3) is 0.188. The maximum Gasteiger partial charge on any atom is 0.277 e. The van der Waals surface area contributed by atoms with Gasteiger partial charge in [-0.2, -0.15) is 5.10 Å². The topological polar surface area (TPSA) is 102 Å². The Kier molecular flexibility index (Phi) is 3.77. The largest absolute Gasteiger partial charge is 0.311 e. The van der Waals surface area contributed by atoms with Crippen molar-refractivity contribution >= 4 is 34.8 Å². The maximum atomic E-state index is 12.4. The first kappa shape index (κ1) is 15.5. The molecular weight excluding hydrogens is 340 g/mol. The van der Waals surface area contributed by atoms with Gasteiger partial charge in [0.05, 0.1) is 6.20 Å². The molecule has 0 saturated heterocycles. The number of anilines is 2. The molecule has 0 bridgehead atoms. The van der Waals surface area contributed by atoms with E-state index in [9.17, 15) is 9.59 Å². The van der Waals surface area contributed by atoms with Gasteiger partial charge in [-0.1, -0.05) is 6.07 Å². The molecule has 0 radical (unpaired) electrons. The van der Waals surface area contributed by atoms with E-state index in [0.29, 0.717) is 18.1 Å². The van der Waals surface area contributed by atoms with E-state index in [-0.39, 0.29) is 17.5 Å². The van der Waals surface area contributed by atoms with Gasteiger partial charge >= 0.3 is 0 Å². The molecule has 0 saturated carbocycles. The minimum atomic E-state index is -0.393. The van der Waals surface area contributed by atoms with E-state index in [0.717, 1.165) is 10.4 Å². The number of carbonyl (C=O) groups is 2. The lowest BCUT2D eigenvalue weighted by molar-refractivity contribution is -0.116. The first-order valence-electron chi connectivity index (χ1n) is 7.61. The molecule has 0 aromatic carbocycles. The molecule has 0 aliphatic carbocycles. The minimum Gasteiger partial charge on any atom is -0.311 e. The average molecular weight is 354 g/mol. The summed E-state index contributed by atoms with van der Waals surface area (Å²) in [6, 6.07) is 3.93. The number of carbonyl (C=O) groups excluding carboxylic acids is 2. The predicted molar refractivity (Wildman–Crippen MR) is 92.6 cm³/mol. The Balaban J connectivity index is 1.74. The van der Waals surface area contributed by atoms with Crippen molar-refractivity contribution in [2.75, 3.05) is 10.6 Å². The lowest BCUT2D eigenvalue weighted by atomic mass is 9.92. The third-order valence-corrected chi connectivity index (χ3v) is 4.98. The standard InChI is InChI=1S/C16H14N6O2S/c1-22-15-13(9(7-12(23)19-15)11-3-2-6-25-11)14(21-22)20-16(24)10-8-17-4-5-18-10/h2-6,8-9H,7H2,1H3,(H,19,23)(H,20,21,24)/t9-/m1/s1. The van der Waals surface area contributed by atoms with E-state index in [1.54, 1.807) is 23.1 Å². The van der Waals surface area contributed by atoms with Crippen LogP contribution in [-0.2, 0) is 11.8 Å². The molecule has 0 spiro atoms. The molecule has 25 heavy (non-hydrogen) atoms. The summed E-state index contributed by atoms with van der Waals surface area (Å²) in [6.45, 7) is 0. The highest BCUT2D eigenvalue weighted by Crippen LogP contribution is 2.42. The molecule has 1 atom stereocenters. The van der Waals surface area contributed by atoms with Crippen molar-refractivity contribution in [2.45, 2.75) is 12.3 Å². The zero-order chi connectivity index (χ0) is 17.4. The van der Waals surface area contributed by atoms with E-state index in [1.807, 2.05) is 17.5 Å². The molecule has 1 aliphatic heterocycles. The second-order valence-corrected chi connectivity index (χ2v) is 6.58. The molecule has 4 heterocycles. The van der Waals surface area contributed by atoms with Gasteiger partial charge in [-0.05, 0) is 11.4 Å². The molecular formula is C16H14N6O2S. The van der Waals surface area contributed by atoms with Gasteiger partial charge in [-0.15, -0.1) is 11.3 Å². The van der Waals surface area contributed by atoms with E-state index >= 15 is 0 Å². The van der Waals surface area contributed by atoms with Crippen LogP contribution in [0.4, 0.5) is 11.6 Å². The van der Waals surface area contributed by atoms with Crippen LogP contribution in [0.1, 0.15) is 33.3 Å². The Morgan fingerprint density at radius 3 is 3.04 bits per heavy atom. The third kappa shape index (κ3) is 2.78. The first-order chi connectivity index (χ1) is 12.1. The number of hydrogen-bond donors (Lipinski definition) is 2. The van der Waals surface area contributed by atoms with Crippen molar-refractivity contribution in [1.29, 1.82) is 0 Å². The fourth-order valence-corrected chi connectivity index (χ4v) is 3.74. The molecule has 3 aromatic heterocycles. The number of nitrogens with zero attached hydrogens (tertiary/aromatic N) is 4. The Morgan fingerprint density at radius 2 is 2.32 bits per heavy atom. The second kappa shape index (κ2) is 6.10. The van der Waals surface area contributed by atoms with Gasteiger partial charge in [0.1, 0.15) is 11.5 Å². The van der Waals surface area contributed by atoms with Crippen molar-refractivity contribution in [2.24, 2.45) is 7.05 Å². The van der Waals surface area contributed by atoms with Gasteiger partial charge in [-0.25, -0.2) is 4.98 Å². The van der Waals surface area contributed by atoms with E-state index in [1.165, 1.54) is 18.6 Å². The van der Waals surface area contributed by atoms with Crippen molar-refractivity contribution in [1.82, 2.24) is 19.7 Å².